The van der Waals surface area contributed by atoms with E-state index < -0.39 is 0 Å². The van der Waals surface area contributed by atoms with Gasteiger partial charge in [-0.15, -0.1) is 0 Å². The Hall–Kier alpha value is -2.81. The highest BCUT2D eigenvalue weighted by Crippen LogP contribution is 2.34. The number of ether oxygens (including phenoxy) is 1. The molecule has 5 heterocycles. The second-order valence-corrected chi connectivity index (χ2v) is 9.82. The van der Waals surface area contributed by atoms with Gasteiger partial charge in [-0.2, -0.15) is 15.1 Å². The van der Waals surface area contributed by atoms with E-state index in [1.807, 2.05) is 33.3 Å². The molecule has 0 bridgehead atoms. The first-order chi connectivity index (χ1) is 15.3. The van der Waals surface area contributed by atoms with Gasteiger partial charge in [0.15, 0.2) is 17.0 Å². The summed E-state index contributed by atoms with van der Waals surface area (Å²) in [5, 5.41) is 4.30. The fourth-order valence-electron chi connectivity index (χ4n) is 4.41. The van der Waals surface area contributed by atoms with Crippen LogP contribution in [-0.4, -0.2) is 62.5 Å². The molecule has 3 aromatic rings. The molecule has 0 spiro atoms. The van der Waals surface area contributed by atoms with Gasteiger partial charge in [-0.1, -0.05) is 13.8 Å². The number of morpholine rings is 1. The highest BCUT2D eigenvalue weighted by Gasteiger charge is 2.30. The third-order valence-electron chi connectivity index (χ3n) is 6.77. The zero-order valence-electron chi connectivity index (χ0n) is 19.7. The zero-order valence-corrected chi connectivity index (χ0v) is 19.7. The Balaban J connectivity index is 1.52. The van der Waals surface area contributed by atoms with Gasteiger partial charge in [-0.25, -0.2) is 9.97 Å². The van der Waals surface area contributed by atoms with Crippen LogP contribution in [0.15, 0.2) is 12.4 Å². The van der Waals surface area contributed by atoms with Crippen LogP contribution in [-0.2, 0) is 11.8 Å². The number of rotatable bonds is 3. The van der Waals surface area contributed by atoms with Gasteiger partial charge in [-0.05, 0) is 32.1 Å². The number of nitrogens with zero attached hydrogens (tertiary/aromatic N) is 8. The lowest BCUT2D eigenvalue weighted by molar-refractivity contribution is 0.0392. The van der Waals surface area contributed by atoms with E-state index in [1.165, 1.54) is 0 Å². The minimum Gasteiger partial charge on any atom is -0.370 e. The van der Waals surface area contributed by atoms with E-state index in [-0.39, 0.29) is 6.10 Å². The van der Waals surface area contributed by atoms with E-state index in [4.69, 9.17) is 24.7 Å². The lowest BCUT2D eigenvalue weighted by atomic mass is 9.83. The Morgan fingerprint density at radius 2 is 1.72 bits per heavy atom. The van der Waals surface area contributed by atoms with Gasteiger partial charge in [-0.3, -0.25) is 4.68 Å². The predicted octanol–water partition coefficient (Wildman–Crippen LogP) is 2.97. The molecule has 0 amide bonds. The summed E-state index contributed by atoms with van der Waals surface area (Å²) in [6.07, 6.45) is 6.09. The minimum atomic E-state index is -0.0539. The molecule has 32 heavy (non-hydrogen) atoms. The third kappa shape index (κ3) is 4.01. The first-order valence-electron chi connectivity index (χ1n) is 11.4. The number of hydrogen-bond donors (Lipinski definition) is 0. The smallest absolute Gasteiger partial charge is 0.229 e. The van der Waals surface area contributed by atoms with Crippen molar-refractivity contribution in [1.29, 1.82) is 0 Å². The number of aryl methyl sites for hydroxylation is 3. The van der Waals surface area contributed by atoms with Crippen LogP contribution in [0.3, 0.4) is 0 Å². The molecule has 5 rings (SSSR count). The van der Waals surface area contributed by atoms with Crippen LogP contribution in [0.25, 0.3) is 11.2 Å². The van der Waals surface area contributed by atoms with Crippen molar-refractivity contribution in [2.45, 2.75) is 46.6 Å². The van der Waals surface area contributed by atoms with Crippen LogP contribution in [0.2, 0.25) is 0 Å². The summed E-state index contributed by atoms with van der Waals surface area (Å²) in [7, 11) is 1.92. The summed E-state index contributed by atoms with van der Waals surface area (Å²) in [4.78, 5) is 24.1. The van der Waals surface area contributed by atoms with Gasteiger partial charge in [0.1, 0.15) is 6.10 Å². The standard InChI is InChI=1S/C23H32N8O/c1-15-16(2)26-20-19(25-15)21(30-8-6-23(3,4)7-9-30)28-22(27-20)31-10-11-32-18(14-31)17-12-24-29(5)13-17/h12-13,18H,6-11,14H2,1-5H3/t18-/m0/s1. The van der Waals surface area contributed by atoms with E-state index in [0.717, 1.165) is 60.8 Å². The average Bonchev–Trinajstić information content (AvgIpc) is 3.21. The Morgan fingerprint density at radius 1 is 0.969 bits per heavy atom. The highest BCUT2D eigenvalue weighted by molar-refractivity contribution is 5.84. The Morgan fingerprint density at radius 3 is 2.44 bits per heavy atom. The lowest BCUT2D eigenvalue weighted by Crippen LogP contribution is -2.41. The Bertz CT molecular complexity index is 1130. The molecular formula is C23H32N8O. The molecule has 0 aromatic carbocycles. The molecule has 1 atom stereocenters. The molecule has 0 aliphatic carbocycles. The van der Waals surface area contributed by atoms with Crippen LogP contribution in [0.4, 0.5) is 11.8 Å². The number of hydrogen-bond acceptors (Lipinski definition) is 8. The molecule has 2 aliphatic heterocycles. The second-order valence-electron chi connectivity index (χ2n) is 9.82. The number of aromatic nitrogens is 6. The van der Waals surface area contributed by atoms with Gasteiger partial charge in [0.25, 0.3) is 0 Å². The minimum absolute atomic E-state index is 0.0539. The normalized spacial score (nSPS) is 21.3. The summed E-state index contributed by atoms with van der Waals surface area (Å²) >= 11 is 0. The molecule has 9 nitrogen and oxygen atoms in total. The summed E-state index contributed by atoms with van der Waals surface area (Å²) in [6, 6.07) is 0. The van der Waals surface area contributed by atoms with Crippen molar-refractivity contribution in [2.75, 3.05) is 42.6 Å². The Kier molecular flexibility index (Phi) is 5.23. The largest absolute Gasteiger partial charge is 0.370 e. The van der Waals surface area contributed by atoms with Crippen molar-refractivity contribution in [3.05, 3.63) is 29.3 Å². The molecule has 9 heteroatoms. The van der Waals surface area contributed by atoms with Crippen molar-refractivity contribution in [1.82, 2.24) is 29.7 Å². The van der Waals surface area contributed by atoms with Crippen molar-refractivity contribution >= 4 is 22.9 Å². The van der Waals surface area contributed by atoms with Crippen molar-refractivity contribution in [3.8, 4) is 0 Å². The van der Waals surface area contributed by atoms with Crippen LogP contribution in [0.1, 0.15) is 49.7 Å². The first-order valence-corrected chi connectivity index (χ1v) is 11.4. The molecular weight excluding hydrogens is 404 g/mol. The molecule has 2 saturated heterocycles. The molecule has 0 unspecified atom stereocenters. The van der Waals surface area contributed by atoms with Crippen LogP contribution >= 0.6 is 0 Å². The fourth-order valence-corrected chi connectivity index (χ4v) is 4.41. The highest BCUT2D eigenvalue weighted by atomic mass is 16.5. The van der Waals surface area contributed by atoms with Crippen LogP contribution < -0.4 is 9.80 Å². The van der Waals surface area contributed by atoms with Gasteiger partial charge in [0.2, 0.25) is 5.95 Å². The second kappa shape index (κ2) is 7.95. The molecule has 170 valence electrons. The molecule has 0 N–H and O–H groups in total. The zero-order chi connectivity index (χ0) is 22.5. The molecule has 0 radical (unpaired) electrons. The number of piperidine rings is 1. The predicted molar refractivity (Wildman–Crippen MR) is 124 cm³/mol. The van der Waals surface area contributed by atoms with E-state index in [9.17, 15) is 0 Å². The summed E-state index contributed by atoms with van der Waals surface area (Å²) < 4.78 is 7.84. The quantitative estimate of drug-likeness (QED) is 0.620. The topological polar surface area (TPSA) is 85.1 Å². The Labute approximate surface area is 188 Å². The lowest BCUT2D eigenvalue weighted by Gasteiger charge is -2.38. The fraction of sp³-hybridized carbons (Fsp3) is 0.609. The van der Waals surface area contributed by atoms with Gasteiger partial charge in [0.05, 0.1) is 30.7 Å². The van der Waals surface area contributed by atoms with E-state index >= 15 is 0 Å². The van der Waals surface area contributed by atoms with Crippen molar-refractivity contribution < 1.29 is 4.74 Å². The molecule has 3 aromatic heterocycles. The maximum atomic E-state index is 6.03. The number of anilines is 2. The van der Waals surface area contributed by atoms with Gasteiger partial charge < -0.3 is 14.5 Å². The first kappa shape index (κ1) is 21.1. The monoisotopic (exact) mass is 436 g/mol. The molecule has 0 saturated carbocycles. The summed E-state index contributed by atoms with van der Waals surface area (Å²) in [5.41, 5.74) is 4.74. The van der Waals surface area contributed by atoms with Gasteiger partial charge in [0, 0.05) is 38.4 Å². The molecule has 2 aliphatic rings. The van der Waals surface area contributed by atoms with Crippen LogP contribution in [0, 0.1) is 19.3 Å². The average molecular weight is 437 g/mol. The van der Waals surface area contributed by atoms with Crippen molar-refractivity contribution in [2.24, 2.45) is 12.5 Å². The number of fused-ring (bicyclic) bond motifs is 1. The maximum Gasteiger partial charge on any atom is 0.229 e. The van der Waals surface area contributed by atoms with Crippen molar-refractivity contribution in [3.63, 3.8) is 0 Å². The SMILES string of the molecule is Cc1nc2nc(N3CCO[C@H](c4cnn(C)c4)C3)nc(N3CCC(C)(C)CC3)c2nc1C. The van der Waals surface area contributed by atoms with E-state index in [2.05, 4.69) is 28.7 Å². The van der Waals surface area contributed by atoms with E-state index in [1.54, 1.807) is 4.68 Å². The maximum absolute atomic E-state index is 6.03. The van der Waals surface area contributed by atoms with Gasteiger partial charge >= 0.3 is 0 Å². The van der Waals surface area contributed by atoms with Crippen LogP contribution in [0.5, 0.6) is 0 Å². The van der Waals surface area contributed by atoms with E-state index in [0.29, 0.717) is 30.2 Å². The molecule has 2 fully saturated rings. The third-order valence-corrected chi connectivity index (χ3v) is 6.77. The summed E-state index contributed by atoms with van der Waals surface area (Å²) in [6.45, 7) is 12.6. The summed E-state index contributed by atoms with van der Waals surface area (Å²) in [5.74, 6) is 1.60.